The van der Waals surface area contributed by atoms with Crippen LogP contribution in [0.3, 0.4) is 0 Å². The maximum absolute atomic E-state index is 11.9. The molecule has 0 aliphatic heterocycles. The molecule has 1 amide bonds. The Labute approximate surface area is 123 Å². The molecule has 0 aliphatic carbocycles. The van der Waals surface area contributed by atoms with E-state index in [4.69, 9.17) is 4.74 Å². The fraction of sp³-hybridized carbons (Fsp3) is 0.500. The van der Waals surface area contributed by atoms with E-state index < -0.39 is 4.92 Å². The van der Waals surface area contributed by atoms with Crippen molar-refractivity contribution in [1.82, 2.24) is 5.32 Å². The summed E-state index contributed by atoms with van der Waals surface area (Å²) >= 11 is 0. The van der Waals surface area contributed by atoms with Gasteiger partial charge in [0.2, 0.25) is 0 Å². The molecule has 1 rings (SSSR count). The van der Waals surface area contributed by atoms with Crippen molar-refractivity contribution in [1.29, 1.82) is 0 Å². The molecule has 0 unspecified atom stereocenters. The number of anilines is 1. The molecular weight excluding hydrogens is 274 g/mol. The number of carbonyl (C=O) groups excluding carboxylic acids is 1. The number of carbonyl (C=O) groups is 1. The van der Waals surface area contributed by atoms with Gasteiger partial charge in [0.15, 0.2) is 0 Å². The first kappa shape index (κ1) is 16.9. The van der Waals surface area contributed by atoms with E-state index in [1.807, 2.05) is 6.92 Å². The SMILES string of the molecule is CCCNc1ccc(C(=O)NCCCOC)cc1[N+](=O)[O-]. The van der Waals surface area contributed by atoms with E-state index in [1.54, 1.807) is 19.2 Å². The van der Waals surface area contributed by atoms with E-state index in [0.717, 1.165) is 6.42 Å². The summed E-state index contributed by atoms with van der Waals surface area (Å²) in [6, 6.07) is 4.44. The number of amides is 1. The Kier molecular flexibility index (Phi) is 7.17. The molecule has 0 atom stereocenters. The Bertz CT molecular complexity index is 491. The molecule has 0 fully saturated rings. The first-order valence-corrected chi connectivity index (χ1v) is 6.89. The van der Waals surface area contributed by atoms with Gasteiger partial charge in [-0.15, -0.1) is 0 Å². The average molecular weight is 295 g/mol. The lowest BCUT2D eigenvalue weighted by molar-refractivity contribution is -0.384. The number of benzene rings is 1. The quantitative estimate of drug-likeness (QED) is 0.414. The van der Waals surface area contributed by atoms with Crippen molar-refractivity contribution in [3.8, 4) is 0 Å². The van der Waals surface area contributed by atoms with Crippen LogP contribution in [0, 0.1) is 10.1 Å². The Balaban J connectivity index is 2.77. The number of nitro groups is 1. The second-order valence-corrected chi connectivity index (χ2v) is 4.52. The van der Waals surface area contributed by atoms with E-state index in [-0.39, 0.29) is 17.2 Å². The van der Waals surface area contributed by atoms with E-state index in [9.17, 15) is 14.9 Å². The zero-order valence-corrected chi connectivity index (χ0v) is 12.3. The number of hydrogen-bond acceptors (Lipinski definition) is 5. The third kappa shape index (κ3) is 5.39. The molecule has 116 valence electrons. The van der Waals surface area contributed by atoms with Crippen molar-refractivity contribution >= 4 is 17.3 Å². The van der Waals surface area contributed by atoms with Crippen LogP contribution < -0.4 is 10.6 Å². The molecule has 7 heteroatoms. The fourth-order valence-corrected chi connectivity index (χ4v) is 1.75. The zero-order valence-electron chi connectivity index (χ0n) is 12.3. The van der Waals surface area contributed by atoms with Gasteiger partial charge in [-0.2, -0.15) is 0 Å². The second-order valence-electron chi connectivity index (χ2n) is 4.52. The van der Waals surface area contributed by atoms with Crippen molar-refractivity contribution in [2.75, 3.05) is 32.1 Å². The van der Waals surface area contributed by atoms with Crippen LogP contribution >= 0.6 is 0 Å². The number of ether oxygens (including phenoxy) is 1. The van der Waals surface area contributed by atoms with Crippen LogP contribution in [-0.4, -0.2) is 37.6 Å². The summed E-state index contributed by atoms with van der Waals surface area (Å²) < 4.78 is 4.88. The minimum Gasteiger partial charge on any atom is -0.385 e. The first-order valence-electron chi connectivity index (χ1n) is 6.89. The third-order valence-electron chi connectivity index (χ3n) is 2.83. The fourth-order valence-electron chi connectivity index (χ4n) is 1.75. The highest BCUT2D eigenvalue weighted by Crippen LogP contribution is 2.25. The van der Waals surface area contributed by atoms with Gasteiger partial charge >= 0.3 is 0 Å². The van der Waals surface area contributed by atoms with Crippen molar-refractivity contribution in [2.45, 2.75) is 19.8 Å². The Hall–Kier alpha value is -2.15. The lowest BCUT2D eigenvalue weighted by Gasteiger charge is -2.08. The molecule has 0 saturated carbocycles. The summed E-state index contributed by atoms with van der Waals surface area (Å²) in [5.74, 6) is -0.323. The lowest BCUT2D eigenvalue weighted by atomic mass is 10.1. The molecule has 1 aromatic rings. The van der Waals surface area contributed by atoms with Crippen molar-refractivity contribution < 1.29 is 14.5 Å². The summed E-state index contributed by atoms with van der Waals surface area (Å²) in [6.45, 7) is 3.64. The molecule has 1 aromatic carbocycles. The van der Waals surface area contributed by atoms with Gasteiger partial charge in [0.1, 0.15) is 5.69 Å². The van der Waals surface area contributed by atoms with Crippen LogP contribution in [0.5, 0.6) is 0 Å². The standard InChI is InChI=1S/C14H21N3O4/c1-3-7-15-12-6-5-11(10-13(12)17(19)20)14(18)16-8-4-9-21-2/h5-6,10,15H,3-4,7-9H2,1-2H3,(H,16,18). The molecule has 7 nitrogen and oxygen atoms in total. The molecule has 21 heavy (non-hydrogen) atoms. The Morgan fingerprint density at radius 1 is 1.38 bits per heavy atom. The number of rotatable bonds is 9. The molecular formula is C14H21N3O4. The molecule has 2 N–H and O–H groups in total. The number of hydrogen-bond donors (Lipinski definition) is 2. The van der Waals surface area contributed by atoms with Crippen molar-refractivity contribution in [2.24, 2.45) is 0 Å². The minimum atomic E-state index is -0.486. The normalized spacial score (nSPS) is 10.2. The van der Waals surface area contributed by atoms with Gasteiger partial charge < -0.3 is 15.4 Å². The molecule has 0 spiro atoms. The topological polar surface area (TPSA) is 93.5 Å². The maximum atomic E-state index is 11.9. The number of nitrogens with one attached hydrogen (secondary N) is 2. The Morgan fingerprint density at radius 2 is 2.14 bits per heavy atom. The van der Waals surface area contributed by atoms with Crippen LogP contribution in [0.2, 0.25) is 0 Å². The van der Waals surface area contributed by atoms with Gasteiger partial charge in [0.05, 0.1) is 4.92 Å². The highest BCUT2D eigenvalue weighted by atomic mass is 16.6. The van der Waals surface area contributed by atoms with Gasteiger partial charge in [-0.1, -0.05) is 6.92 Å². The molecule has 0 aromatic heterocycles. The second kappa shape index (κ2) is 8.91. The van der Waals surface area contributed by atoms with Gasteiger partial charge in [0, 0.05) is 38.4 Å². The van der Waals surface area contributed by atoms with E-state index in [2.05, 4.69) is 10.6 Å². The highest BCUT2D eigenvalue weighted by molar-refractivity contribution is 5.95. The van der Waals surface area contributed by atoms with E-state index in [1.165, 1.54) is 6.07 Å². The van der Waals surface area contributed by atoms with Gasteiger partial charge in [-0.3, -0.25) is 14.9 Å². The predicted molar refractivity (Wildman–Crippen MR) is 80.7 cm³/mol. The molecule has 0 saturated heterocycles. The van der Waals surface area contributed by atoms with E-state index in [0.29, 0.717) is 31.8 Å². The first-order chi connectivity index (χ1) is 10.1. The lowest BCUT2D eigenvalue weighted by Crippen LogP contribution is -2.25. The summed E-state index contributed by atoms with van der Waals surface area (Å²) in [7, 11) is 1.59. The minimum absolute atomic E-state index is 0.0898. The smallest absolute Gasteiger partial charge is 0.293 e. The van der Waals surface area contributed by atoms with E-state index >= 15 is 0 Å². The van der Waals surface area contributed by atoms with Crippen LogP contribution in [0.15, 0.2) is 18.2 Å². The number of nitrogens with zero attached hydrogens (tertiary/aromatic N) is 1. The molecule has 0 heterocycles. The molecule has 0 bridgehead atoms. The van der Waals surface area contributed by atoms with Gasteiger partial charge in [0.25, 0.3) is 11.6 Å². The predicted octanol–water partition coefficient (Wildman–Crippen LogP) is 2.18. The Morgan fingerprint density at radius 3 is 2.76 bits per heavy atom. The van der Waals surface area contributed by atoms with Gasteiger partial charge in [-0.05, 0) is 25.0 Å². The zero-order chi connectivity index (χ0) is 15.7. The monoisotopic (exact) mass is 295 g/mol. The number of methoxy groups -OCH3 is 1. The highest BCUT2D eigenvalue weighted by Gasteiger charge is 2.17. The van der Waals surface area contributed by atoms with Crippen LogP contribution in [0.25, 0.3) is 0 Å². The third-order valence-corrected chi connectivity index (χ3v) is 2.83. The van der Waals surface area contributed by atoms with Crippen molar-refractivity contribution in [3.63, 3.8) is 0 Å². The van der Waals surface area contributed by atoms with Crippen LogP contribution in [-0.2, 0) is 4.74 Å². The molecule has 0 radical (unpaired) electrons. The number of nitro benzene ring substituents is 1. The largest absolute Gasteiger partial charge is 0.385 e. The summed E-state index contributed by atoms with van der Waals surface area (Å²) in [5.41, 5.74) is 0.618. The summed E-state index contributed by atoms with van der Waals surface area (Å²) in [5, 5.41) is 16.8. The van der Waals surface area contributed by atoms with Crippen LogP contribution in [0.1, 0.15) is 30.1 Å². The summed E-state index contributed by atoms with van der Waals surface area (Å²) in [6.07, 6.45) is 1.55. The van der Waals surface area contributed by atoms with Crippen molar-refractivity contribution in [3.05, 3.63) is 33.9 Å². The average Bonchev–Trinajstić information content (AvgIpc) is 2.49. The van der Waals surface area contributed by atoms with Gasteiger partial charge in [-0.25, -0.2) is 0 Å². The van der Waals surface area contributed by atoms with Crippen LogP contribution in [0.4, 0.5) is 11.4 Å². The molecule has 0 aliphatic rings. The maximum Gasteiger partial charge on any atom is 0.293 e. The summed E-state index contributed by atoms with van der Waals surface area (Å²) in [4.78, 5) is 22.5.